The fraction of sp³-hybridized carbons (Fsp3) is 0.174. The van der Waals surface area contributed by atoms with E-state index in [-0.39, 0.29) is 17.4 Å². The van der Waals surface area contributed by atoms with Crippen molar-refractivity contribution in [3.63, 3.8) is 0 Å². The van der Waals surface area contributed by atoms with Crippen molar-refractivity contribution >= 4 is 11.6 Å². The Morgan fingerprint density at radius 2 is 1.46 bits per heavy atom. The molecule has 3 aromatic rings. The van der Waals surface area contributed by atoms with Gasteiger partial charge < -0.3 is 20.3 Å². The van der Waals surface area contributed by atoms with Crippen LogP contribution in [0.4, 0.5) is 5.69 Å². The maximum absolute atomic E-state index is 13.5. The Morgan fingerprint density at radius 3 is 2.07 bits per heavy atom. The monoisotopic (exact) mass is 373 g/mol. The summed E-state index contributed by atoms with van der Waals surface area (Å²) in [6.07, 6.45) is 0.823. The number of carbonyl (C=O) groups excluding carboxylic acids is 1. The topological polar surface area (TPSA) is 78.8 Å². The van der Waals surface area contributed by atoms with Crippen LogP contribution in [0.3, 0.4) is 0 Å². The largest absolute Gasteiger partial charge is 0.508 e. The molecule has 5 heteroatoms. The van der Waals surface area contributed by atoms with Crippen LogP contribution in [0.15, 0.2) is 60.7 Å². The smallest absolute Gasteiger partial charge is 0.244 e. The van der Waals surface area contributed by atoms with E-state index in [0.29, 0.717) is 13.2 Å². The van der Waals surface area contributed by atoms with Crippen molar-refractivity contribution in [1.29, 1.82) is 0 Å². The first-order chi connectivity index (χ1) is 13.6. The number of fused-ring (bicyclic) bond motifs is 3. The number of phenols is 2. The zero-order valence-electron chi connectivity index (χ0n) is 15.1. The zero-order chi connectivity index (χ0) is 19.3. The van der Waals surface area contributed by atoms with E-state index >= 15 is 0 Å². The molecule has 2 heterocycles. The van der Waals surface area contributed by atoms with Gasteiger partial charge in [-0.3, -0.25) is 4.79 Å². The molecule has 2 aliphatic rings. The number of benzene rings is 3. The molecule has 0 aliphatic carbocycles. The minimum atomic E-state index is -1.07. The van der Waals surface area contributed by atoms with E-state index in [1.807, 2.05) is 6.07 Å². The number of rotatable bonds is 2. The SMILES string of the molecule is O=C1Nc2c(ccc3c2COCC3)C1(c1ccc(O)cc1)c1ccc(O)cc1. The molecule has 0 spiro atoms. The third kappa shape index (κ3) is 2.26. The molecule has 0 fully saturated rings. The molecule has 2 aliphatic heterocycles. The van der Waals surface area contributed by atoms with Crippen LogP contribution in [0.25, 0.3) is 0 Å². The Balaban J connectivity index is 1.82. The summed E-state index contributed by atoms with van der Waals surface area (Å²) >= 11 is 0. The number of amides is 1. The Morgan fingerprint density at radius 1 is 0.857 bits per heavy atom. The number of hydrogen-bond acceptors (Lipinski definition) is 4. The maximum Gasteiger partial charge on any atom is 0.244 e. The van der Waals surface area contributed by atoms with Gasteiger partial charge in [0, 0.05) is 11.1 Å². The van der Waals surface area contributed by atoms with Gasteiger partial charge in [0.05, 0.1) is 18.9 Å². The highest BCUT2D eigenvalue weighted by atomic mass is 16.5. The molecule has 3 N–H and O–H groups in total. The van der Waals surface area contributed by atoms with Gasteiger partial charge in [-0.15, -0.1) is 0 Å². The van der Waals surface area contributed by atoms with Gasteiger partial charge in [0.2, 0.25) is 5.91 Å². The van der Waals surface area contributed by atoms with Crippen LogP contribution >= 0.6 is 0 Å². The molecule has 0 aromatic heterocycles. The summed E-state index contributed by atoms with van der Waals surface area (Å²) in [5.74, 6) is 0.127. The van der Waals surface area contributed by atoms with Gasteiger partial charge in [-0.2, -0.15) is 0 Å². The van der Waals surface area contributed by atoms with Crippen LogP contribution in [-0.4, -0.2) is 22.7 Å². The number of nitrogens with one attached hydrogen (secondary N) is 1. The molecule has 5 rings (SSSR count). The molecule has 0 radical (unpaired) electrons. The van der Waals surface area contributed by atoms with Crippen molar-refractivity contribution < 1.29 is 19.7 Å². The Hall–Kier alpha value is -3.31. The van der Waals surface area contributed by atoms with Crippen LogP contribution < -0.4 is 5.32 Å². The van der Waals surface area contributed by atoms with Gasteiger partial charge in [0.15, 0.2) is 0 Å². The first-order valence-corrected chi connectivity index (χ1v) is 9.24. The van der Waals surface area contributed by atoms with Crippen LogP contribution in [0.5, 0.6) is 11.5 Å². The van der Waals surface area contributed by atoms with E-state index in [0.717, 1.165) is 34.4 Å². The highest BCUT2D eigenvalue weighted by molar-refractivity contribution is 6.12. The average Bonchev–Trinajstić information content (AvgIpc) is 3.02. The summed E-state index contributed by atoms with van der Waals surface area (Å²) in [4.78, 5) is 13.5. The van der Waals surface area contributed by atoms with Crippen molar-refractivity contribution in [2.75, 3.05) is 11.9 Å². The number of phenolic OH excluding ortho intramolecular Hbond substituents is 2. The third-order valence-electron chi connectivity index (χ3n) is 5.76. The molecule has 0 bridgehead atoms. The lowest BCUT2D eigenvalue weighted by atomic mass is 9.69. The second kappa shape index (κ2) is 6.11. The summed E-state index contributed by atoms with van der Waals surface area (Å²) in [5.41, 5.74) is 4.33. The quantitative estimate of drug-likeness (QED) is 0.643. The standard InChI is InChI=1S/C23H19NO4/c25-17-6-2-15(3-7-17)23(16-4-8-18(26)9-5-16)20-10-1-14-11-12-28-13-19(14)21(20)24-22(23)27/h1-10,25-26H,11-13H2,(H,24,27). The van der Waals surface area contributed by atoms with E-state index in [4.69, 9.17) is 4.74 Å². The predicted molar refractivity (Wildman–Crippen MR) is 105 cm³/mol. The number of ether oxygens (including phenoxy) is 1. The van der Waals surface area contributed by atoms with E-state index in [2.05, 4.69) is 11.4 Å². The lowest BCUT2D eigenvalue weighted by Gasteiger charge is -2.29. The average molecular weight is 373 g/mol. The van der Waals surface area contributed by atoms with E-state index < -0.39 is 5.41 Å². The summed E-state index contributed by atoms with van der Waals surface area (Å²) < 4.78 is 5.65. The fourth-order valence-corrected chi connectivity index (χ4v) is 4.39. The number of aromatic hydroxyl groups is 2. The number of carbonyl (C=O) groups is 1. The molecule has 140 valence electrons. The predicted octanol–water partition coefficient (Wildman–Crippen LogP) is 3.46. The Labute approximate surface area is 162 Å². The van der Waals surface area contributed by atoms with E-state index in [9.17, 15) is 15.0 Å². The maximum atomic E-state index is 13.5. The lowest BCUT2D eigenvalue weighted by Crippen LogP contribution is -2.36. The van der Waals surface area contributed by atoms with Crippen LogP contribution in [0, 0.1) is 0 Å². The Kier molecular flexibility index (Phi) is 3.67. The molecule has 0 saturated heterocycles. The van der Waals surface area contributed by atoms with Gasteiger partial charge in [-0.05, 0) is 47.4 Å². The Bertz CT molecular complexity index is 1030. The van der Waals surface area contributed by atoms with Crippen molar-refractivity contribution in [3.05, 3.63) is 88.5 Å². The number of hydrogen-bond donors (Lipinski definition) is 3. The van der Waals surface area contributed by atoms with Gasteiger partial charge in [0.1, 0.15) is 16.9 Å². The molecular formula is C23H19NO4. The van der Waals surface area contributed by atoms with Crippen molar-refractivity contribution in [2.45, 2.75) is 18.4 Å². The summed E-state index contributed by atoms with van der Waals surface area (Å²) in [5, 5.41) is 22.6. The van der Waals surface area contributed by atoms with Gasteiger partial charge in [-0.25, -0.2) is 0 Å². The minimum Gasteiger partial charge on any atom is -0.508 e. The highest BCUT2D eigenvalue weighted by Crippen LogP contribution is 2.50. The first kappa shape index (κ1) is 16.8. The first-order valence-electron chi connectivity index (χ1n) is 9.24. The molecule has 28 heavy (non-hydrogen) atoms. The van der Waals surface area contributed by atoms with Crippen molar-refractivity contribution in [3.8, 4) is 11.5 Å². The fourth-order valence-electron chi connectivity index (χ4n) is 4.39. The number of anilines is 1. The van der Waals surface area contributed by atoms with Crippen molar-refractivity contribution in [2.24, 2.45) is 0 Å². The molecular weight excluding hydrogens is 354 g/mol. The van der Waals surface area contributed by atoms with Gasteiger partial charge >= 0.3 is 0 Å². The van der Waals surface area contributed by atoms with Crippen LogP contribution in [-0.2, 0) is 28.0 Å². The van der Waals surface area contributed by atoms with E-state index in [1.165, 1.54) is 5.56 Å². The van der Waals surface area contributed by atoms with Gasteiger partial charge in [-0.1, -0.05) is 36.4 Å². The summed E-state index contributed by atoms with van der Waals surface area (Å²) in [6.45, 7) is 1.15. The van der Waals surface area contributed by atoms with Crippen LogP contribution in [0.2, 0.25) is 0 Å². The molecule has 5 nitrogen and oxygen atoms in total. The molecule has 0 saturated carbocycles. The zero-order valence-corrected chi connectivity index (χ0v) is 15.1. The molecule has 0 atom stereocenters. The molecule has 1 amide bonds. The molecule has 3 aromatic carbocycles. The third-order valence-corrected chi connectivity index (χ3v) is 5.76. The lowest BCUT2D eigenvalue weighted by molar-refractivity contribution is -0.118. The van der Waals surface area contributed by atoms with Gasteiger partial charge in [0.25, 0.3) is 0 Å². The summed E-state index contributed by atoms with van der Waals surface area (Å²) in [7, 11) is 0. The van der Waals surface area contributed by atoms with Crippen molar-refractivity contribution in [1.82, 2.24) is 0 Å². The minimum absolute atomic E-state index is 0.141. The second-order valence-corrected chi connectivity index (χ2v) is 7.23. The summed E-state index contributed by atoms with van der Waals surface area (Å²) in [6, 6.07) is 17.5. The van der Waals surface area contributed by atoms with Crippen LogP contribution in [0.1, 0.15) is 27.8 Å². The van der Waals surface area contributed by atoms with E-state index in [1.54, 1.807) is 48.5 Å². The normalized spacial score (nSPS) is 16.9. The highest BCUT2D eigenvalue weighted by Gasteiger charge is 2.50. The molecule has 0 unspecified atom stereocenters. The second-order valence-electron chi connectivity index (χ2n) is 7.23.